The lowest BCUT2D eigenvalue weighted by molar-refractivity contribution is 0.341. The second kappa shape index (κ2) is 6.68. The van der Waals surface area contributed by atoms with Crippen LogP contribution >= 0.6 is 11.3 Å². The third kappa shape index (κ3) is 3.33. The summed E-state index contributed by atoms with van der Waals surface area (Å²) in [5.41, 5.74) is 2.19. The second-order valence-corrected chi connectivity index (χ2v) is 5.32. The summed E-state index contributed by atoms with van der Waals surface area (Å²) in [6.07, 6.45) is 0. The Morgan fingerprint density at radius 1 is 1.26 bits per heavy atom. The molecule has 0 amide bonds. The van der Waals surface area contributed by atoms with Crippen LogP contribution in [0.3, 0.4) is 0 Å². The fraction of sp³-hybridized carbons (Fsp3) is 0.400. The van der Waals surface area contributed by atoms with Crippen LogP contribution in [-0.4, -0.2) is 18.1 Å². The molecule has 0 unspecified atom stereocenters. The van der Waals surface area contributed by atoms with Gasteiger partial charge in [-0.25, -0.2) is 4.98 Å². The molecule has 2 aromatic rings. The van der Waals surface area contributed by atoms with Crippen molar-refractivity contribution in [1.82, 2.24) is 10.3 Å². The van der Waals surface area contributed by atoms with Crippen molar-refractivity contribution in [3.05, 3.63) is 34.8 Å². The van der Waals surface area contributed by atoms with Crippen molar-refractivity contribution in [2.24, 2.45) is 0 Å². The molecule has 0 spiro atoms. The highest BCUT2D eigenvalue weighted by molar-refractivity contribution is 7.15. The van der Waals surface area contributed by atoms with E-state index >= 15 is 0 Å². The molecule has 0 bridgehead atoms. The minimum atomic E-state index is 0.672. The molecule has 3 nitrogen and oxygen atoms in total. The average molecular weight is 276 g/mol. The zero-order valence-electron chi connectivity index (χ0n) is 11.7. The summed E-state index contributed by atoms with van der Waals surface area (Å²) in [7, 11) is 0. The molecule has 0 aliphatic rings. The first-order valence-corrected chi connectivity index (χ1v) is 7.47. The number of nitrogens with one attached hydrogen (secondary N) is 1. The van der Waals surface area contributed by atoms with E-state index in [0.29, 0.717) is 6.61 Å². The van der Waals surface area contributed by atoms with E-state index < -0.39 is 0 Å². The summed E-state index contributed by atoms with van der Waals surface area (Å²) >= 11 is 1.74. The van der Waals surface area contributed by atoms with E-state index in [9.17, 15) is 0 Å². The van der Waals surface area contributed by atoms with Gasteiger partial charge in [0.1, 0.15) is 10.8 Å². The van der Waals surface area contributed by atoms with Crippen LogP contribution in [0.1, 0.15) is 24.4 Å². The SMILES string of the molecule is CCNCc1sc(-c2ccccc2OCC)nc1C. The molecule has 4 heteroatoms. The van der Waals surface area contributed by atoms with E-state index in [1.54, 1.807) is 11.3 Å². The number of para-hydroxylation sites is 1. The Balaban J connectivity index is 2.31. The fourth-order valence-corrected chi connectivity index (χ4v) is 2.93. The highest BCUT2D eigenvalue weighted by Gasteiger charge is 2.12. The zero-order chi connectivity index (χ0) is 13.7. The Labute approximate surface area is 118 Å². The van der Waals surface area contributed by atoms with Gasteiger partial charge in [0.25, 0.3) is 0 Å². The van der Waals surface area contributed by atoms with E-state index in [4.69, 9.17) is 4.74 Å². The molecule has 0 atom stereocenters. The highest BCUT2D eigenvalue weighted by Crippen LogP contribution is 2.34. The first-order valence-electron chi connectivity index (χ1n) is 6.65. The smallest absolute Gasteiger partial charge is 0.129 e. The van der Waals surface area contributed by atoms with Crippen molar-refractivity contribution in [2.45, 2.75) is 27.3 Å². The lowest BCUT2D eigenvalue weighted by Gasteiger charge is -2.07. The maximum Gasteiger partial charge on any atom is 0.129 e. The topological polar surface area (TPSA) is 34.1 Å². The monoisotopic (exact) mass is 276 g/mol. The minimum absolute atomic E-state index is 0.672. The van der Waals surface area contributed by atoms with Gasteiger partial charge in [-0.15, -0.1) is 11.3 Å². The number of hydrogen-bond acceptors (Lipinski definition) is 4. The molecule has 1 aromatic heterocycles. The van der Waals surface area contributed by atoms with Gasteiger partial charge in [-0.3, -0.25) is 0 Å². The van der Waals surface area contributed by atoms with E-state index in [0.717, 1.165) is 35.1 Å². The maximum absolute atomic E-state index is 5.67. The predicted octanol–water partition coefficient (Wildman–Crippen LogP) is 3.63. The Kier molecular flexibility index (Phi) is 4.93. The number of aromatic nitrogens is 1. The second-order valence-electron chi connectivity index (χ2n) is 4.24. The van der Waals surface area contributed by atoms with Crippen molar-refractivity contribution in [2.75, 3.05) is 13.2 Å². The van der Waals surface area contributed by atoms with Crippen LogP contribution in [0.25, 0.3) is 10.6 Å². The van der Waals surface area contributed by atoms with E-state index in [-0.39, 0.29) is 0 Å². The zero-order valence-corrected chi connectivity index (χ0v) is 12.5. The van der Waals surface area contributed by atoms with Crippen LogP contribution in [0, 0.1) is 6.92 Å². The third-order valence-electron chi connectivity index (χ3n) is 2.85. The van der Waals surface area contributed by atoms with Crippen LogP contribution in [0.5, 0.6) is 5.75 Å². The van der Waals surface area contributed by atoms with Crippen molar-refractivity contribution in [3.63, 3.8) is 0 Å². The highest BCUT2D eigenvalue weighted by atomic mass is 32.1. The van der Waals surface area contributed by atoms with Crippen LogP contribution in [0.2, 0.25) is 0 Å². The number of benzene rings is 1. The molecule has 2 rings (SSSR count). The lowest BCUT2D eigenvalue weighted by Crippen LogP contribution is -2.11. The molecule has 0 radical (unpaired) electrons. The van der Waals surface area contributed by atoms with Gasteiger partial charge >= 0.3 is 0 Å². The molecule has 1 aromatic carbocycles. The molecule has 0 aliphatic heterocycles. The van der Waals surface area contributed by atoms with Gasteiger partial charge in [0, 0.05) is 11.4 Å². The number of rotatable bonds is 6. The van der Waals surface area contributed by atoms with Crippen LogP contribution in [0.15, 0.2) is 24.3 Å². The van der Waals surface area contributed by atoms with Gasteiger partial charge < -0.3 is 10.1 Å². The number of ether oxygens (including phenoxy) is 1. The molecule has 0 saturated carbocycles. The summed E-state index contributed by atoms with van der Waals surface area (Å²) in [5.74, 6) is 0.911. The predicted molar refractivity (Wildman–Crippen MR) is 80.8 cm³/mol. The summed E-state index contributed by atoms with van der Waals surface area (Å²) in [6, 6.07) is 8.09. The molecule has 0 aliphatic carbocycles. The number of hydrogen-bond donors (Lipinski definition) is 1. The number of aryl methyl sites for hydroxylation is 1. The maximum atomic E-state index is 5.67. The molecular weight excluding hydrogens is 256 g/mol. The third-order valence-corrected chi connectivity index (χ3v) is 4.04. The summed E-state index contributed by atoms with van der Waals surface area (Å²) < 4.78 is 5.67. The van der Waals surface area contributed by atoms with E-state index in [2.05, 4.69) is 30.2 Å². The van der Waals surface area contributed by atoms with Gasteiger partial charge in [-0.1, -0.05) is 19.1 Å². The first-order chi connectivity index (χ1) is 9.26. The molecular formula is C15H20N2OS. The van der Waals surface area contributed by atoms with Crippen molar-refractivity contribution in [1.29, 1.82) is 0 Å². The average Bonchev–Trinajstić information content (AvgIpc) is 2.79. The van der Waals surface area contributed by atoms with Crippen LogP contribution in [-0.2, 0) is 6.54 Å². The number of nitrogens with zero attached hydrogens (tertiary/aromatic N) is 1. The van der Waals surface area contributed by atoms with Gasteiger partial charge in [0.05, 0.1) is 17.9 Å². The summed E-state index contributed by atoms with van der Waals surface area (Å²) in [6.45, 7) is 8.71. The lowest BCUT2D eigenvalue weighted by atomic mass is 10.2. The molecule has 1 heterocycles. The molecule has 1 N–H and O–H groups in total. The van der Waals surface area contributed by atoms with Crippen molar-refractivity contribution >= 4 is 11.3 Å². The van der Waals surface area contributed by atoms with Crippen LogP contribution in [0.4, 0.5) is 0 Å². The van der Waals surface area contributed by atoms with Gasteiger partial charge in [-0.05, 0) is 32.5 Å². The minimum Gasteiger partial charge on any atom is -0.493 e. The van der Waals surface area contributed by atoms with Gasteiger partial charge in [0.15, 0.2) is 0 Å². The Hall–Kier alpha value is -1.39. The van der Waals surface area contributed by atoms with Crippen molar-refractivity contribution in [3.8, 4) is 16.3 Å². The van der Waals surface area contributed by atoms with Gasteiger partial charge in [0.2, 0.25) is 0 Å². The Morgan fingerprint density at radius 2 is 2.05 bits per heavy atom. The summed E-state index contributed by atoms with van der Waals surface area (Å²) in [4.78, 5) is 5.97. The van der Waals surface area contributed by atoms with Gasteiger partial charge in [-0.2, -0.15) is 0 Å². The standard InChI is InChI=1S/C15H20N2OS/c1-4-16-10-14-11(3)17-15(19-14)12-8-6-7-9-13(12)18-5-2/h6-9,16H,4-5,10H2,1-3H3. The quantitative estimate of drug-likeness (QED) is 0.875. The normalized spacial score (nSPS) is 10.7. The van der Waals surface area contributed by atoms with Crippen LogP contribution < -0.4 is 10.1 Å². The molecule has 0 fully saturated rings. The molecule has 102 valence electrons. The Morgan fingerprint density at radius 3 is 2.79 bits per heavy atom. The van der Waals surface area contributed by atoms with E-state index in [1.165, 1.54) is 4.88 Å². The van der Waals surface area contributed by atoms with E-state index in [1.807, 2.05) is 25.1 Å². The van der Waals surface area contributed by atoms with Crippen molar-refractivity contribution < 1.29 is 4.74 Å². The molecule has 0 saturated heterocycles. The first kappa shape index (κ1) is 14.0. The number of thiazole rings is 1. The Bertz CT molecular complexity index is 537. The fourth-order valence-electron chi connectivity index (χ4n) is 1.87. The molecule has 19 heavy (non-hydrogen) atoms. The largest absolute Gasteiger partial charge is 0.493 e. The summed E-state index contributed by atoms with van der Waals surface area (Å²) in [5, 5.41) is 4.39.